The van der Waals surface area contributed by atoms with Crippen LogP contribution in [0.15, 0.2) is 48.8 Å². The van der Waals surface area contributed by atoms with Gasteiger partial charge in [0.05, 0.1) is 6.20 Å². The van der Waals surface area contributed by atoms with Gasteiger partial charge in [-0.15, -0.1) is 0 Å². The van der Waals surface area contributed by atoms with Crippen LogP contribution in [0.5, 0.6) is 0 Å². The van der Waals surface area contributed by atoms with Crippen molar-refractivity contribution in [2.24, 2.45) is 0 Å². The summed E-state index contributed by atoms with van der Waals surface area (Å²) in [5.41, 5.74) is 0. The second kappa shape index (κ2) is 7.71. The summed E-state index contributed by atoms with van der Waals surface area (Å²) in [5.74, 6) is 2.01. The number of aromatic amines is 1. The molecule has 0 aliphatic rings. The Morgan fingerprint density at radius 1 is 1.05 bits per heavy atom. The van der Waals surface area contributed by atoms with Gasteiger partial charge in [-0.2, -0.15) is 0 Å². The first-order chi connectivity index (χ1) is 8.77. The Kier molecular flexibility index (Phi) is 6.25. The van der Waals surface area contributed by atoms with Crippen LogP contribution in [0.2, 0.25) is 0 Å². The number of nitrogens with one attached hydrogen (secondary N) is 1. The summed E-state index contributed by atoms with van der Waals surface area (Å²) in [6, 6.07) is 12.0. The number of nitrogens with zero attached hydrogens (tertiary/aromatic N) is 3. The summed E-state index contributed by atoms with van der Waals surface area (Å²) in [6.45, 7) is 1.86. The number of halogens is 1. The summed E-state index contributed by atoms with van der Waals surface area (Å²) in [4.78, 5) is 12.0. The van der Waals surface area contributed by atoms with Crippen LogP contribution in [-0.2, 0) is 0 Å². The standard InChI is InChI=1S/C14H18N4.ClH/c1-17(2)11-12-18(13-7-3-5-9-15-13)14-8-4-6-10-16-14;/h3-10H,11-12H2,1-2H3;1H. The van der Waals surface area contributed by atoms with Crippen molar-refractivity contribution in [3.8, 4) is 0 Å². The van der Waals surface area contributed by atoms with Gasteiger partial charge in [0, 0.05) is 24.9 Å². The van der Waals surface area contributed by atoms with Crippen molar-refractivity contribution >= 4 is 11.6 Å². The summed E-state index contributed by atoms with van der Waals surface area (Å²) in [6.07, 6.45) is 3.75. The largest absolute Gasteiger partial charge is 1.00 e. The molecular formula is C14H19ClN4. The topological polar surface area (TPSA) is 33.5 Å². The van der Waals surface area contributed by atoms with Crippen LogP contribution >= 0.6 is 0 Å². The minimum atomic E-state index is 0. The number of hydrogen-bond donors (Lipinski definition) is 0. The predicted octanol–water partition coefficient (Wildman–Crippen LogP) is -1.40. The molecule has 0 radical (unpaired) electrons. The fraction of sp³-hybridized carbons (Fsp3) is 0.286. The monoisotopic (exact) mass is 278 g/mol. The zero-order valence-electron chi connectivity index (χ0n) is 11.3. The molecule has 0 saturated carbocycles. The molecule has 19 heavy (non-hydrogen) atoms. The van der Waals surface area contributed by atoms with Gasteiger partial charge in [0.1, 0.15) is 6.54 Å². The van der Waals surface area contributed by atoms with Crippen molar-refractivity contribution in [1.82, 2.24) is 9.88 Å². The van der Waals surface area contributed by atoms with Crippen LogP contribution < -0.4 is 22.3 Å². The van der Waals surface area contributed by atoms with Crippen LogP contribution in [0.3, 0.4) is 0 Å². The van der Waals surface area contributed by atoms with Crippen molar-refractivity contribution in [3.63, 3.8) is 0 Å². The number of pyridine rings is 2. The molecule has 0 amide bonds. The molecule has 2 rings (SSSR count). The number of H-pyrrole nitrogens is 1. The molecule has 0 saturated heterocycles. The molecule has 1 N–H and O–H groups in total. The maximum atomic E-state index is 4.42. The molecule has 0 bridgehead atoms. The number of aromatic nitrogens is 2. The van der Waals surface area contributed by atoms with Gasteiger partial charge in [-0.25, -0.2) is 14.9 Å². The number of likely N-dealkylation sites (N-methyl/N-ethyl adjacent to an activating group) is 1. The maximum Gasteiger partial charge on any atom is 0.280 e. The fourth-order valence-corrected chi connectivity index (χ4v) is 1.72. The average molecular weight is 279 g/mol. The van der Waals surface area contributed by atoms with Crippen LogP contribution in [0.1, 0.15) is 0 Å². The lowest BCUT2D eigenvalue weighted by Gasteiger charge is -2.17. The first-order valence-corrected chi connectivity index (χ1v) is 6.07. The molecular weight excluding hydrogens is 260 g/mol. The highest BCUT2D eigenvalue weighted by Gasteiger charge is 2.18. The third-order valence-electron chi connectivity index (χ3n) is 2.68. The van der Waals surface area contributed by atoms with E-state index in [1.54, 1.807) is 0 Å². The van der Waals surface area contributed by atoms with Crippen molar-refractivity contribution in [1.29, 1.82) is 0 Å². The van der Waals surface area contributed by atoms with E-state index in [0.29, 0.717) is 0 Å². The third-order valence-corrected chi connectivity index (χ3v) is 2.68. The lowest BCUT2D eigenvalue weighted by molar-refractivity contribution is -0.363. The van der Waals surface area contributed by atoms with E-state index in [-0.39, 0.29) is 12.4 Å². The van der Waals surface area contributed by atoms with E-state index in [9.17, 15) is 0 Å². The van der Waals surface area contributed by atoms with Crippen LogP contribution in [0.25, 0.3) is 0 Å². The molecule has 0 aromatic carbocycles. The molecule has 102 valence electrons. The average Bonchev–Trinajstić information content (AvgIpc) is 2.41. The van der Waals surface area contributed by atoms with Gasteiger partial charge in [-0.3, -0.25) is 0 Å². The molecule has 0 aliphatic carbocycles. The number of anilines is 2. The van der Waals surface area contributed by atoms with Gasteiger partial charge < -0.3 is 17.3 Å². The first-order valence-electron chi connectivity index (χ1n) is 6.07. The Bertz CT molecular complexity index is 422. The van der Waals surface area contributed by atoms with Gasteiger partial charge in [0.25, 0.3) is 5.82 Å². The molecule has 2 heterocycles. The fourth-order valence-electron chi connectivity index (χ4n) is 1.72. The molecule has 5 heteroatoms. The molecule has 2 aromatic rings. The lowest BCUT2D eigenvalue weighted by Crippen LogP contribution is -3.00. The number of hydrogen-bond acceptors (Lipinski definition) is 3. The quantitative estimate of drug-likeness (QED) is 0.675. The van der Waals surface area contributed by atoms with E-state index in [2.05, 4.69) is 39.9 Å². The van der Waals surface area contributed by atoms with E-state index in [0.717, 1.165) is 24.7 Å². The first kappa shape index (κ1) is 15.4. The zero-order valence-corrected chi connectivity index (χ0v) is 12.0. The van der Waals surface area contributed by atoms with Crippen LogP contribution in [-0.4, -0.2) is 37.1 Å². The van der Waals surface area contributed by atoms with Gasteiger partial charge in [0.2, 0.25) is 5.82 Å². The van der Waals surface area contributed by atoms with Crippen molar-refractivity contribution in [2.75, 3.05) is 32.1 Å². The minimum absolute atomic E-state index is 0. The molecule has 2 aromatic heterocycles. The molecule has 0 aliphatic heterocycles. The van der Waals surface area contributed by atoms with Gasteiger partial charge in [0.15, 0.2) is 0 Å². The Balaban J connectivity index is 0.00000180. The van der Waals surface area contributed by atoms with Gasteiger partial charge in [-0.05, 0) is 26.2 Å². The second-order valence-electron chi connectivity index (χ2n) is 4.39. The normalized spacial score (nSPS) is 10.1. The van der Waals surface area contributed by atoms with E-state index < -0.39 is 0 Å². The summed E-state index contributed by atoms with van der Waals surface area (Å²) < 4.78 is 0. The lowest BCUT2D eigenvalue weighted by atomic mass is 10.3. The van der Waals surface area contributed by atoms with Crippen molar-refractivity contribution < 1.29 is 17.4 Å². The smallest absolute Gasteiger partial charge is 0.280 e. The molecule has 4 nitrogen and oxygen atoms in total. The van der Waals surface area contributed by atoms with E-state index in [4.69, 9.17) is 0 Å². The summed E-state index contributed by atoms with van der Waals surface area (Å²) >= 11 is 0. The molecule has 0 spiro atoms. The second-order valence-corrected chi connectivity index (χ2v) is 4.39. The zero-order chi connectivity index (χ0) is 12.8. The predicted molar refractivity (Wildman–Crippen MR) is 72.8 cm³/mol. The van der Waals surface area contributed by atoms with Gasteiger partial charge >= 0.3 is 0 Å². The Morgan fingerprint density at radius 3 is 2.42 bits per heavy atom. The van der Waals surface area contributed by atoms with Crippen LogP contribution in [0.4, 0.5) is 11.6 Å². The Morgan fingerprint density at radius 2 is 1.84 bits per heavy atom. The third kappa shape index (κ3) is 4.50. The Labute approximate surface area is 120 Å². The van der Waals surface area contributed by atoms with Crippen molar-refractivity contribution in [2.45, 2.75) is 0 Å². The summed E-state index contributed by atoms with van der Waals surface area (Å²) in [7, 11) is 4.15. The van der Waals surface area contributed by atoms with Crippen LogP contribution in [0, 0.1) is 0 Å². The Hall–Kier alpha value is -1.65. The van der Waals surface area contributed by atoms with E-state index >= 15 is 0 Å². The van der Waals surface area contributed by atoms with E-state index in [1.807, 2.05) is 42.7 Å². The highest BCUT2D eigenvalue weighted by atomic mass is 35.5. The highest BCUT2D eigenvalue weighted by molar-refractivity contribution is 5.52. The SMILES string of the molecule is CN(C)CCN(c1ccccn1)c1cccc[nH+]1.[Cl-]. The number of rotatable bonds is 5. The summed E-state index contributed by atoms with van der Waals surface area (Å²) in [5, 5.41) is 0. The molecule has 0 fully saturated rings. The van der Waals surface area contributed by atoms with E-state index in [1.165, 1.54) is 0 Å². The highest BCUT2D eigenvalue weighted by Crippen LogP contribution is 2.17. The molecule has 0 unspecified atom stereocenters. The van der Waals surface area contributed by atoms with Crippen molar-refractivity contribution in [3.05, 3.63) is 48.8 Å². The molecule has 0 atom stereocenters. The maximum absolute atomic E-state index is 4.42. The minimum Gasteiger partial charge on any atom is -1.00 e. The van der Waals surface area contributed by atoms with Gasteiger partial charge in [-0.1, -0.05) is 12.1 Å².